The maximum atomic E-state index is 13.5. The highest BCUT2D eigenvalue weighted by molar-refractivity contribution is 7.80. The van der Waals surface area contributed by atoms with Gasteiger partial charge in [-0.15, -0.1) is 6.58 Å². The minimum Gasteiger partial charge on any atom is -0.362 e. The lowest BCUT2D eigenvalue weighted by Gasteiger charge is -2.26. The molecule has 0 atom stereocenters. The summed E-state index contributed by atoms with van der Waals surface area (Å²) in [5.41, 5.74) is 5.30. The molecule has 4 nitrogen and oxygen atoms in total. The van der Waals surface area contributed by atoms with Crippen LogP contribution in [0.25, 0.3) is 10.9 Å². The molecule has 1 N–H and O–H groups in total. The fourth-order valence-corrected chi connectivity index (χ4v) is 3.93. The predicted octanol–water partition coefficient (Wildman–Crippen LogP) is 5.66. The largest absolute Gasteiger partial charge is 0.362 e. The van der Waals surface area contributed by atoms with E-state index in [1.165, 1.54) is 28.8 Å². The van der Waals surface area contributed by atoms with Gasteiger partial charge < -0.3 is 14.8 Å². The minimum absolute atomic E-state index is 0.269. The summed E-state index contributed by atoms with van der Waals surface area (Å²) in [5, 5.41) is 5.13. The molecule has 3 aromatic rings. The molecule has 2 heterocycles. The quantitative estimate of drug-likeness (QED) is 0.287. The SMILES string of the molecule is C=CCn1c(C)c(C)c2ccnc(CN(C(=S)NCCCC)c3ccc(F)cc3)c21. The van der Waals surface area contributed by atoms with Gasteiger partial charge in [-0.1, -0.05) is 19.4 Å². The van der Waals surface area contributed by atoms with Gasteiger partial charge in [-0.05, 0) is 68.4 Å². The van der Waals surface area contributed by atoms with Crippen molar-refractivity contribution < 1.29 is 4.39 Å². The Hall–Kier alpha value is -2.73. The van der Waals surface area contributed by atoms with Gasteiger partial charge in [-0.25, -0.2) is 4.39 Å². The van der Waals surface area contributed by atoms with Crippen LogP contribution >= 0.6 is 12.2 Å². The number of benzene rings is 1. The molecule has 0 amide bonds. The number of nitrogens with one attached hydrogen (secondary N) is 1. The molecule has 158 valence electrons. The summed E-state index contributed by atoms with van der Waals surface area (Å²) >= 11 is 5.71. The number of thiocarbonyl (C=S) groups is 1. The van der Waals surface area contributed by atoms with E-state index < -0.39 is 0 Å². The molecule has 0 fully saturated rings. The molecule has 0 unspecified atom stereocenters. The van der Waals surface area contributed by atoms with Crippen molar-refractivity contribution in [3.05, 3.63) is 72.0 Å². The van der Waals surface area contributed by atoms with Gasteiger partial charge in [0.15, 0.2) is 5.11 Å². The van der Waals surface area contributed by atoms with Crippen molar-refractivity contribution in [2.75, 3.05) is 11.4 Å². The highest BCUT2D eigenvalue weighted by Crippen LogP contribution is 2.29. The van der Waals surface area contributed by atoms with Crippen molar-refractivity contribution >= 4 is 33.9 Å². The van der Waals surface area contributed by atoms with E-state index in [9.17, 15) is 4.39 Å². The molecule has 0 saturated carbocycles. The smallest absolute Gasteiger partial charge is 0.173 e. The number of fused-ring (bicyclic) bond motifs is 1. The van der Waals surface area contributed by atoms with Crippen LogP contribution in [-0.2, 0) is 13.1 Å². The molecule has 0 aliphatic carbocycles. The third-order valence-corrected chi connectivity index (χ3v) is 5.80. The number of hydrogen-bond acceptors (Lipinski definition) is 2. The number of aryl methyl sites for hydroxylation is 1. The van der Waals surface area contributed by atoms with Gasteiger partial charge in [0, 0.05) is 36.1 Å². The molecule has 2 aromatic heterocycles. The van der Waals surface area contributed by atoms with Gasteiger partial charge in [0.2, 0.25) is 0 Å². The molecule has 0 radical (unpaired) electrons. The number of anilines is 1. The maximum Gasteiger partial charge on any atom is 0.173 e. The zero-order valence-electron chi connectivity index (χ0n) is 17.9. The van der Waals surface area contributed by atoms with Crippen LogP contribution in [0.3, 0.4) is 0 Å². The van der Waals surface area contributed by atoms with Gasteiger partial charge in [0.25, 0.3) is 0 Å². The molecular formula is C24H29FN4S. The van der Waals surface area contributed by atoms with Crippen LogP contribution in [-0.4, -0.2) is 21.2 Å². The van der Waals surface area contributed by atoms with E-state index in [2.05, 4.69) is 43.3 Å². The number of unbranched alkanes of at least 4 members (excludes halogenated alkanes) is 1. The second-order valence-electron chi connectivity index (χ2n) is 7.41. The van der Waals surface area contributed by atoms with Crippen molar-refractivity contribution in [2.24, 2.45) is 0 Å². The number of halogens is 1. The van der Waals surface area contributed by atoms with Crippen molar-refractivity contribution in [3.63, 3.8) is 0 Å². The van der Waals surface area contributed by atoms with Gasteiger partial charge in [-0.3, -0.25) is 4.98 Å². The number of hydrogen-bond donors (Lipinski definition) is 1. The van der Waals surface area contributed by atoms with E-state index in [0.717, 1.165) is 36.3 Å². The fourth-order valence-electron chi connectivity index (χ4n) is 3.66. The van der Waals surface area contributed by atoms with Gasteiger partial charge >= 0.3 is 0 Å². The average molecular weight is 425 g/mol. The Morgan fingerprint density at radius 2 is 2.00 bits per heavy atom. The first-order valence-corrected chi connectivity index (χ1v) is 10.7. The number of nitrogens with zero attached hydrogens (tertiary/aromatic N) is 3. The summed E-state index contributed by atoms with van der Waals surface area (Å²) in [7, 11) is 0. The summed E-state index contributed by atoms with van der Waals surface area (Å²) in [4.78, 5) is 6.70. The Bertz CT molecular complexity index is 1040. The summed E-state index contributed by atoms with van der Waals surface area (Å²) < 4.78 is 15.8. The average Bonchev–Trinajstić information content (AvgIpc) is 2.99. The van der Waals surface area contributed by atoms with Gasteiger partial charge in [-0.2, -0.15) is 0 Å². The summed E-state index contributed by atoms with van der Waals surface area (Å²) in [6.45, 7) is 12.3. The minimum atomic E-state index is -0.269. The monoisotopic (exact) mass is 424 g/mol. The van der Waals surface area contributed by atoms with E-state index in [4.69, 9.17) is 17.2 Å². The van der Waals surface area contributed by atoms with Gasteiger partial charge in [0.05, 0.1) is 17.8 Å². The molecule has 0 bridgehead atoms. The second kappa shape index (κ2) is 9.85. The van der Waals surface area contributed by atoms with Crippen molar-refractivity contribution in [1.29, 1.82) is 0 Å². The lowest BCUT2D eigenvalue weighted by atomic mass is 10.1. The summed E-state index contributed by atoms with van der Waals surface area (Å²) in [5.74, 6) is -0.269. The molecular weight excluding hydrogens is 395 g/mol. The highest BCUT2D eigenvalue weighted by Gasteiger charge is 2.19. The number of rotatable bonds is 8. The van der Waals surface area contributed by atoms with Crippen molar-refractivity contribution in [1.82, 2.24) is 14.9 Å². The molecule has 0 spiro atoms. The Labute approximate surface area is 183 Å². The Balaban J connectivity index is 2.04. The van der Waals surface area contributed by atoms with E-state index in [1.54, 1.807) is 12.1 Å². The lowest BCUT2D eigenvalue weighted by Crippen LogP contribution is -2.40. The molecule has 0 aliphatic rings. The van der Waals surface area contributed by atoms with E-state index in [-0.39, 0.29) is 5.82 Å². The second-order valence-corrected chi connectivity index (χ2v) is 7.80. The standard InChI is InChI=1S/C24H29FN4S/c1-5-7-13-27-24(30)29(20-10-8-19(25)9-11-20)16-22-23-21(12-14-26-22)17(3)18(4)28(23)15-6-2/h6,8-12,14H,2,5,7,13,15-16H2,1,3-4H3,(H,27,30). The maximum absolute atomic E-state index is 13.5. The lowest BCUT2D eigenvalue weighted by molar-refractivity contribution is 0.627. The molecule has 1 aromatic carbocycles. The van der Waals surface area contributed by atoms with Crippen LogP contribution < -0.4 is 10.2 Å². The molecule has 6 heteroatoms. The topological polar surface area (TPSA) is 33.1 Å². The summed E-state index contributed by atoms with van der Waals surface area (Å²) in [6.07, 6.45) is 5.86. The van der Waals surface area contributed by atoms with Crippen LogP contribution in [0.4, 0.5) is 10.1 Å². The van der Waals surface area contributed by atoms with Crippen LogP contribution in [0.15, 0.2) is 49.2 Å². The van der Waals surface area contributed by atoms with Gasteiger partial charge in [0.1, 0.15) is 5.82 Å². The highest BCUT2D eigenvalue weighted by atomic mass is 32.1. The first kappa shape index (κ1) is 22.0. The molecule has 0 aliphatic heterocycles. The predicted molar refractivity (Wildman–Crippen MR) is 127 cm³/mol. The Kier molecular flexibility index (Phi) is 7.21. The van der Waals surface area contributed by atoms with E-state index in [0.29, 0.717) is 18.2 Å². The molecule has 30 heavy (non-hydrogen) atoms. The van der Waals surface area contributed by atoms with Crippen molar-refractivity contribution in [3.8, 4) is 0 Å². The van der Waals surface area contributed by atoms with E-state index in [1.807, 2.05) is 17.2 Å². The normalized spacial score (nSPS) is 10.9. The Morgan fingerprint density at radius 3 is 2.67 bits per heavy atom. The zero-order valence-corrected chi connectivity index (χ0v) is 18.7. The van der Waals surface area contributed by atoms with Crippen molar-refractivity contribution in [2.45, 2.75) is 46.7 Å². The molecule has 0 saturated heterocycles. The summed E-state index contributed by atoms with van der Waals surface area (Å²) in [6, 6.07) is 8.48. The van der Waals surface area contributed by atoms with E-state index >= 15 is 0 Å². The first-order chi connectivity index (χ1) is 14.5. The van der Waals surface area contributed by atoms with Crippen LogP contribution in [0.1, 0.15) is 36.7 Å². The van der Waals surface area contributed by atoms with Crippen LogP contribution in [0.2, 0.25) is 0 Å². The third kappa shape index (κ3) is 4.54. The number of pyridine rings is 1. The third-order valence-electron chi connectivity index (χ3n) is 5.43. The van der Waals surface area contributed by atoms with Crippen LogP contribution in [0.5, 0.6) is 0 Å². The van der Waals surface area contributed by atoms with Crippen LogP contribution in [0, 0.1) is 19.7 Å². The number of allylic oxidation sites excluding steroid dienone is 1. The fraction of sp³-hybridized carbons (Fsp3) is 0.333. The Morgan fingerprint density at radius 1 is 1.27 bits per heavy atom. The zero-order chi connectivity index (χ0) is 21.7. The number of aromatic nitrogens is 2. The first-order valence-electron chi connectivity index (χ1n) is 10.3. The molecule has 3 rings (SSSR count).